The molecule has 0 unspecified atom stereocenters. The molecular weight excluding hydrogens is 252 g/mol. The van der Waals surface area contributed by atoms with Crippen LogP contribution in [0.15, 0.2) is 24.3 Å². The molecule has 0 aliphatic carbocycles. The number of aliphatic hydroxyl groups is 1. The number of benzene rings is 1. The summed E-state index contributed by atoms with van der Waals surface area (Å²) in [5.74, 6) is -0.352. The Labute approximate surface area is 111 Å². The highest BCUT2D eigenvalue weighted by molar-refractivity contribution is 5.76. The van der Waals surface area contributed by atoms with Gasteiger partial charge in [0.25, 0.3) is 6.43 Å². The second-order valence-electron chi connectivity index (χ2n) is 4.44. The SMILES string of the molecule is Cc1ccc(CCC(=O)N(CCO)CC(F)F)cc1. The summed E-state index contributed by atoms with van der Waals surface area (Å²) < 4.78 is 24.6. The number of hydrogen-bond acceptors (Lipinski definition) is 2. The van der Waals surface area contributed by atoms with Gasteiger partial charge in [-0.2, -0.15) is 0 Å². The van der Waals surface area contributed by atoms with Gasteiger partial charge in [0.15, 0.2) is 0 Å². The van der Waals surface area contributed by atoms with Crippen molar-refractivity contribution in [3.63, 3.8) is 0 Å². The maximum absolute atomic E-state index is 12.3. The van der Waals surface area contributed by atoms with Gasteiger partial charge < -0.3 is 10.0 Å². The molecule has 19 heavy (non-hydrogen) atoms. The van der Waals surface area contributed by atoms with Crippen LogP contribution < -0.4 is 0 Å². The minimum atomic E-state index is -2.57. The smallest absolute Gasteiger partial charge is 0.255 e. The number of rotatable bonds is 7. The van der Waals surface area contributed by atoms with E-state index in [1.165, 1.54) is 0 Å². The lowest BCUT2D eigenvalue weighted by Crippen LogP contribution is -2.37. The van der Waals surface area contributed by atoms with Crippen molar-refractivity contribution in [3.05, 3.63) is 35.4 Å². The van der Waals surface area contributed by atoms with E-state index in [1.807, 2.05) is 31.2 Å². The zero-order valence-electron chi connectivity index (χ0n) is 11.0. The van der Waals surface area contributed by atoms with Crippen LogP contribution in [0.4, 0.5) is 8.78 Å². The van der Waals surface area contributed by atoms with E-state index in [9.17, 15) is 13.6 Å². The average Bonchev–Trinajstić information content (AvgIpc) is 2.37. The molecule has 106 valence electrons. The number of nitrogens with zero attached hydrogens (tertiary/aromatic N) is 1. The number of aryl methyl sites for hydroxylation is 2. The van der Waals surface area contributed by atoms with Crippen LogP contribution in [0, 0.1) is 6.92 Å². The van der Waals surface area contributed by atoms with Gasteiger partial charge in [0, 0.05) is 13.0 Å². The van der Waals surface area contributed by atoms with E-state index in [2.05, 4.69) is 0 Å². The van der Waals surface area contributed by atoms with Crippen molar-refractivity contribution < 1.29 is 18.7 Å². The first-order chi connectivity index (χ1) is 9.02. The number of carbonyl (C=O) groups is 1. The van der Waals surface area contributed by atoms with E-state index in [0.717, 1.165) is 16.0 Å². The van der Waals surface area contributed by atoms with E-state index in [-0.39, 0.29) is 25.5 Å². The van der Waals surface area contributed by atoms with Crippen molar-refractivity contribution in [1.29, 1.82) is 0 Å². The van der Waals surface area contributed by atoms with Gasteiger partial charge in [-0.3, -0.25) is 4.79 Å². The van der Waals surface area contributed by atoms with Crippen LogP contribution in [0.3, 0.4) is 0 Å². The highest BCUT2D eigenvalue weighted by Crippen LogP contribution is 2.08. The molecule has 0 aliphatic rings. The normalized spacial score (nSPS) is 10.8. The first-order valence-corrected chi connectivity index (χ1v) is 6.25. The van der Waals surface area contributed by atoms with Crippen LogP contribution in [0.5, 0.6) is 0 Å². The van der Waals surface area contributed by atoms with Crippen molar-refractivity contribution in [3.8, 4) is 0 Å². The highest BCUT2D eigenvalue weighted by Gasteiger charge is 2.17. The van der Waals surface area contributed by atoms with Gasteiger partial charge in [0.2, 0.25) is 5.91 Å². The second-order valence-corrected chi connectivity index (χ2v) is 4.44. The highest BCUT2D eigenvalue weighted by atomic mass is 19.3. The van der Waals surface area contributed by atoms with Crippen molar-refractivity contribution in [2.24, 2.45) is 0 Å². The van der Waals surface area contributed by atoms with Crippen LogP contribution >= 0.6 is 0 Å². The average molecular weight is 271 g/mol. The molecule has 0 bridgehead atoms. The Morgan fingerprint density at radius 1 is 1.32 bits per heavy atom. The fraction of sp³-hybridized carbons (Fsp3) is 0.500. The predicted molar refractivity (Wildman–Crippen MR) is 69.2 cm³/mol. The van der Waals surface area contributed by atoms with Crippen LogP contribution in [-0.2, 0) is 11.2 Å². The maximum atomic E-state index is 12.3. The van der Waals surface area contributed by atoms with Gasteiger partial charge in [-0.05, 0) is 18.9 Å². The first-order valence-electron chi connectivity index (χ1n) is 6.25. The number of carbonyl (C=O) groups excluding carboxylic acids is 1. The Bertz CT molecular complexity index is 393. The molecule has 0 saturated heterocycles. The Balaban J connectivity index is 2.49. The molecular formula is C14H19F2NO2. The van der Waals surface area contributed by atoms with Gasteiger partial charge in [-0.1, -0.05) is 29.8 Å². The third kappa shape index (κ3) is 5.79. The van der Waals surface area contributed by atoms with Gasteiger partial charge in [-0.15, -0.1) is 0 Å². The van der Waals surface area contributed by atoms with Crippen LogP contribution in [-0.4, -0.2) is 42.0 Å². The lowest BCUT2D eigenvalue weighted by atomic mass is 10.1. The zero-order valence-corrected chi connectivity index (χ0v) is 11.0. The molecule has 0 fully saturated rings. The lowest BCUT2D eigenvalue weighted by Gasteiger charge is -2.21. The van der Waals surface area contributed by atoms with Crippen molar-refractivity contribution in [2.75, 3.05) is 19.7 Å². The molecule has 5 heteroatoms. The topological polar surface area (TPSA) is 40.5 Å². The predicted octanol–water partition coefficient (Wildman–Crippen LogP) is 2.01. The number of amides is 1. The molecule has 0 heterocycles. The molecule has 0 radical (unpaired) electrons. The molecule has 0 spiro atoms. The van der Waals surface area contributed by atoms with Gasteiger partial charge in [0.05, 0.1) is 13.2 Å². The Morgan fingerprint density at radius 2 is 1.95 bits per heavy atom. The summed E-state index contributed by atoms with van der Waals surface area (Å²) in [4.78, 5) is 12.8. The Morgan fingerprint density at radius 3 is 2.47 bits per heavy atom. The summed E-state index contributed by atoms with van der Waals surface area (Å²) in [6, 6.07) is 7.74. The number of alkyl halides is 2. The standard InChI is InChI=1S/C14H19F2NO2/c1-11-2-4-12(5-3-11)6-7-14(19)17(8-9-18)10-13(15)16/h2-5,13,18H,6-10H2,1H3. The minimum Gasteiger partial charge on any atom is -0.395 e. The van der Waals surface area contributed by atoms with Crippen molar-refractivity contribution >= 4 is 5.91 Å². The molecule has 0 aromatic heterocycles. The molecule has 1 aromatic rings. The van der Waals surface area contributed by atoms with Crippen LogP contribution in [0.2, 0.25) is 0 Å². The van der Waals surface area contributed by atoms with Gasteiger partial charge in [-0.25, -0.2) is 8.78 Å². The summed E-state index contributed by atoms with van der Waals surface area (Å²) in [7, 11) is 0. The number of aliphatic hydroxyl groups excluding tert-OH is 1. The van der Waals surface area contributed by atoms with Gasteiger partial charge >= 0.3 is 0 Å². The number of hydrogen-bond donors (Lipinski definition) is 1. The summed E-state index contributed by atoms with van der Waals surface area (Å²) in [6.45, 7) is 1.01. The van der Waals surface area contributed by atoms with E-state index < -0.39 is 13.0 Å². The summed E-state index contributed by atoms with van der Waals surface area (Å²) in [5.41, 5.74) is 2.13. The molecule has 3 nitrogen and oxygen atoms in total. The Hall–Kier alpha value is -1.49. The second kappa shape index (κ2) is 7.84. The minimum absolute atomic E-state index is 0.0446. The fourth-order valence-corrected chi connectivity index (χ4v) is 1.77. The van der Waals surface area contributed by atoms with Crippen molar-refractivity contribution in [1.82, 2.24) is 4.90 Å². The monoisotopic (exact) mass is 271 g/mol. The Kier molecular flexibility index (Phi) is 6.42. The number of halogens is 2. The summed E-state index contributed by atoms with van der Waals surface area (Å²) >= 11 is 0. The first kappa shape index (κ1) is 15.6. The van der Waals surface area contributed by atoms with E-state index in [4.69, 9.17) is 5.11 Å². The lowest BCUT2D eigenvalue weighted by molar-refractivity contribution is -0.133. The summed E-state index contributed by atoms with van der Waals surface area (Å²) in [6.07, 6.45) is -1.88. The van der Waals surface area contributed by atoms with Crippen LogP contribution in [0.25, 0.3) is 0 Å². The van der Waals surface area contributed by atoms with E-state index in [1.54, 1.807) is 0 Å². The van der Waals surface area contributed by atoms with Crippen LogP contribution in [0.1, 0.15) is 17.5 Å². The van der Waals surface area contributed by atoms with E-state index in [0.29, 0.717) is 6.42 Å². The molecule has 0 atom stereocenters. The maximum Gasteiger partial charge on any atom is 0.255 e. The molecule has 1 rings (SSSR count). The molecule has 1 aromatic carbocycles. The quantitative estimate of drug-likeness (QED) is 0.824. The molecule has 1 amide bonds. The third-order valence-electron chi connectivity index (χ3n) is 2.83. The molecule has 1 N–H and O–H groups in total. The third-order valence-corrected chi connectivity index (χ3v) is 2.83. The summed E-state index contributed by atoms with van der Waals surface area (Å²) in [5, 5.41) is 8.78. The van der Waals surface area contributed by atoms with E-state index >= 15 is 0 Å². The largest absolute Gasteiger partial charge is 0.395 e. The zero-order chi connectivity index (χ0) is 14.3. The molecule has 0 saturated carbocycles. The fourth-order valence-electron chi connectivity index (χ4n) is 1.77. The molecule has 0 aliphatic heterocycles. The van der Waals surface area contributed by atoms with Gasteiger partial charge in [0.1, 0.15) is 0 Å². The van der Waals surface area contributed by atoms with Crippen molar-refractivity contribution in [2.45, 2.75) is 26.2 Å².